The van der Waals surface area contributed by atoms with Gasteiger partial charge in [-0.25, -0.2) is 0 Å². The summed E-state index contributed by atoms with van der Waals surface area (Å²) in [7, 11) is 1.66. The normalized spacial score (nSPS) is 24.9. The molecule has 0 unspecified atom stereocenters. The first-order chi connectivity index (χ1) is 10.8. The van der Waals surface area contributed by atoms with Gasteiger partial charge in [0.15, 0.2) is 5.78 Å². The highest BCUT2D eigenvalue weighted by molar-refractivity contribution is 6.03. The second-order valence-corrected chi connectivity index (χ2v) is 5.96. The summed E-state index contributed by atoms with van der Waals surface area (Å²) in [6.07, 6.45) is 3.89. The van der Waals surface area contributed by atoms with E-state index in [0.717, 1.165) is 62.6 Å². The van der Waals surface area contributed by atoms with Gasteiger partial charge in [-0.3, -0.25) is 9.69 Å². The Bertz CT molecular complexity index is 544. The van der Waals surface area contributed by atoms with Crippen molar-refractivity contribution in [2.75, 3.05) is 40.0 Å². The summed E-state index contributed by atoms with van der Waals surface area (Å²) in [4.78, 5) is 14.9. The van der Waals surface area contributed by atoms with Crippen LogP contribution in [0.4, 0.5) is 0 Å². The van der Waals surface area contributed by atoms with Crippen LogP contribution in [0, 0.1) is 5.92 Å². The van der Waals surface area contributed by atoms with Crippen LogP contribution in [0.2, 0.25) is 0 Å². The van der Waals surface area contributed by atoms with Crippen molar-refractivity contribution in [3.05, 3.63) is 35.4 Å². The average molecular weight is 301 g/mol. The van der Waals surface area contributed by atoms with Gasteiger partial charge in [-0.2, -0.15) is 0 Å². The smallest absolute Gasteiger partial charge is 0.163 e. The lowest BCUT2D eigenvalue weighted by Crippen LogP contribution is -2.40. The molecule has 1 saturated heterocycles. The Labute approximate surface area is 131 Å². The number of nitrogens with zero attached hydrogens (tertiary/aromatic N) is 1. The second-order valence-electron chi connectivity index (χ2n) is 5.96. The summed E-state index contributed by atoms with van der Waals surface area (Å²) in [6.45, 7) is 4.34. The Morgan fingerprint density at radius 2 is 2.00 bits per heavy atom. The molecule has 1 aromatic carbocycles. The van der Waals surface area contributed by atoms with Crippen LogP contribution in [0.15, 0.2) is 29.8 Å². The minimum Gasteiger partial charge on any atom is -0.497 e. The van der Waals surface area contributed by atoms with Crippen molar-refractivity contribution in [2.24, 2.45) is 5.92 Å². The van der Waals surface area contributed by atoms with Crippen LogP contribution >= 0.6 is 0 Å². The zero-order valence-corrected chi connectivity index (χ0v) is 13.1. The molecular weight excluding hydrogens is 278 g/mol. The third-order valence-corrected chi connectivity index (χ3v) is 4.49. The summed E-state index contributed by atoms with van der Waals surface area (Å²) in [5.74, 6) is 1.31. The topological polar surface area (TPSA) is 38.8 Å². The van der Waals surface area contributed by atoms with E-state index in [1.165, 1.54) is 0 Å². The highest BCUT2D eigenvalue weighted by Gasteiger charge is 2.30. The Balaban J connectivity index is 1.63. The molecule has 0 N–H and O–H groups in total. The first-order valence-corrected chi connectivity index (χ1v) is 7.95. The minimum atomic E-state index is 0.155. The number of hydrogen-bond donors (Lipinski definition) is 0. The van der Waals surface area contributed by atoms with Gasteiger partial charge in [0.1, 0.15) is 5.75 Å². The molecule has 1 aliphatic carbocycles. The van der Waals surface area contributed by atoms with Gasteiger partial charge in [0, 0.05) is 25.6 Å². The Kier molecular flexibility index (Phi) is 4.90. The quantitative estimate of drug-likeness (QED) is 0.801. The number of carbonyl (C=O) groups excluding carboxylic acids is 1. The fraction of sp³-hybridized carbons (Fsp3) is 0.500. The third kappa shape index (κ3) is 3.57. The Hall–Kier alpha value is -1.65. The van der Waals surface area contributed by atoms with Crippen molar-refractivity contribution in [2.45, 2.75) is 12.8 Å². The van der Waals surface area contributed by atoms with Gasteiger partial charge in [0.25, 0.3) is 0 Å². The summed E-state index contributed by atoms with van der Waals surface area (Å²) in [6, 6.07) is 7.84. The number of ketones is 1. The molecule has 0 spiro atoms. The molecule has 1 aliphatic heterocycles. The maximum atomic E-state index is 12.6. The summed E-state index contributed by atoms with van der Waals surface area (Å²) >= 11 is 0. The van der Waals surface area contributed by atoms with E-state index in [0.29, 0.717) is 5.78 Å². The molecule has 1 atom stereocenters. The number of ether oxygens (including phenoxy) is 2. The zero-order valence-electron chi connectivity index (χ0n) is 13.1. The third-order valence-electron chi connectivity index (χ3n) is 4.49. The van der Waals surface area contributed by atoms with Crippen LogP contribution in [0.25, 0.3) is 6.08 Å². The number of allylic oxidation sites excluding steroid dienone is 1. The maximum Gasteiger partial charge on any atom is 0.163 e. The van der Waals surface area contributed by atoms with E-state index in [1.54, 1.807) is 7.11 Å². The van der Waals surface area contributed by atoms with Crippen molar-refractivity contribution < 1.29 is 14.3 Å². The molecule has 0 amide bonds. The van der Waals surface area contributed by atoms with E-state index in [4.69, 9.17) is 9.47 Å². The molecule has 1 aromatic rings. The van der Waals surface area contributed by atoms with Gasteiger partial charge in [-0.15, -0.1) is 0 Å². The second kappa shape index (κ2) is 7.07. The summed E-state index contributed by atoms with van der Waals surface area (Å²) in [5.41, 5.74) is 2.03. The monoisotopic (exact) mass is 301 g/mol. The fourth-order valence-electron chi connectivity index (χ4n) is 3.16. The van der Waals surface area contributed by atoms with E-state index >= 15 is 0 Å². The number of methoxy groups -OCH3 is 1. The molecule has 0 radical (unpaired) electrons. The van der Waals surface area contributed by atoms with Gasteiger partial charge >= 0.3 is 0 Å². The molecule has 118 valence electrons. The van der Waals surface area contributed by atoms with Crippen molar-refractivity contribution in [1.82, 2.24) is 4.90 Å². The molecular formula is C18H23NO3. The molecule has 4 nitrogen and oxygen atoms in total. The molecule has 1 heterocycles. The zero-order chi connectivity index (χ0) is 15.4. The van der Waals surface area contributed by atoms with E-state index in [-0.39, 0.29) is 5.92 Å². The van der Waals surface area contributed by atoms with E-state index in [2.05, 4.69) is 4.90 Å². The number of benzene rings is 1. The molecule has 3 rings (SSSR count). The van der Waals surface area contributed by atoms with Crippen LogP contribution in [-0.4, -0.2) is 50.6 Å². The summed E-state index contributed by atoms with van der Waals surface area (Å²) in [5, 5.41) is 0. The number of rotatable bonds is 4. The Morgan fingerprint density at radius 3 is 2.68 bits per heavy atom. The van der Waals surface area contributed by atoms with E-state index in [1.807, 2.05) is 30.3 Å². The molecule has 0 aromatic heterocycles. The van der Waals surface area contributed by atoms with E-state index < -0.39 is 0 Å². The molecule has 22 heavy (non-hydrogen) atoms. The van der Waals surface area contributed by atoms with Crippen LogP contribution in [0.1, 0.15) is 18.4 Å². The number of morpholine rings is 1. The summed E-state index contributed by atoms with van der Waals surface area (Å²) < 4.78 is 10.5. The van der Waals surface area contributed by atoms with Crippen molar-refractivity contribution in [3.8, 4) is 5.75 Å². The van der Waals surface area contributed by atoms with Crippen LogP contribution in [0.5, 0.6) is 5.75 Å². The highest BCUT2D eigenvalue weighted by Crippen LogP contribution is 2.29. The maximum absolute atomic E-state index is 12.6. The van der Waals surface area contributed by atoms with Gasteiger partial charge in [0.2, 0.25) is 0 Å². The average Bonchev–Trinajstić information content (AvgIpc) is 2.90. The molecule has 1 saturated carbocycles. The van der Waals surface area contributed by atoms with Crippen molar-refractivity contribution in [1.29, 1.82) is 0 Å². The molecule has 4 heteroatoms. The van der Waals surface area contributed by atoms with E-state index in [9.17, 15) is 4.79 Å². The van der Waals surface area contributed by atoms with Gasteiger partial charge in [0.05, 0.1) is 20.3 Å². The highest BCUT2D eigenvalue weighted by atomic mass is 16.5. The predicted octanol–water partition coefficient (Wildman–Crippen LogP) is 2.39. The van der Waals surface area contributed by atoms with Crippen LogP contribution < -0.4 is 4.74 Å². The molecule has 2 fully saturated rings. The number of Topliss-reactive ketones (excluding diaryl/α,β-unsaturated/α-hetero) is 1. The lowest BCUT2D eigenvalue weighted by Gasteiger charge is -2.28. The van der Waals surface area contributed by atoms with Gasteiger partial charge in [-0.05, 0) is 42.2 Å². The predicted molar refractivity (Wildman–Crippen MR) is 86.0 cm³/mol. The minimum absolute atomic E-state index is 0.155. The largest absolute Gasteiger partial charge is 0.497 e. The lowest BCUT2D eigenvalue weighted by atomic mass is 10.0. The fourth-order valence-corrected chi connectivity index (χ4v) is 3.16. The van der Waals surface area contributed by atoms with Crippen molar-refractivity contribution in [3.63, 3.8) is 0 Å². The first-order valence-electron chi connectivity index (χ1n) is 7.95. The van der Waals surface area contributed by atoms with Crippen LogP contribution in [-0.2, 0) is 9.53 Å². The lowest BCUT2D eigenvalue weighted by molar-refractivity contribution is -0.118. The number of hydrogen-bond acceptors (Lipinski definition) is 4. The SMILES string of the molecule is COc1ccc(/C=C2\CC[C@@H](CN3CCOCC3)C2=O)cc1. The standard InChI is InChI=1S/C18H23NO3/c1-21-17-6-2-14(3-7-17)12-15-4-5-16(18(15)20)13-19-8-10-22-11-9-19/h2-3,6-7,12,16H,4-5,8-11,13H2,1H3/b15-12+/t16-/m0/s1. The van der Waals surface area contributed by atoms with Gasteiger partial charge in [-0.1, -0.05) is 12.1 Å². The Morgan fingerprint density at radius 1 is 1.27 bits per heavy atom. The number of carbonyl (C=O) groups is 1. The molecule has 2 aliphatic rings. The van der Waals surface area contributed by atoms with Crippen molar-refractivity contribution >= 4 is 11.9 Å². The molecule has 0 bridgehead atoms. The van der Waals surface area contributed by atoms with Crippen LogP contribution in [0.3, 0.4) is 0 Å². The van der Waals surface area contributed by atoms with Gasteiger partial charge < -0.3 is 9.47 Å². The first kappa shape index (κ1) is 15.3.